The molecule has 0 aliphatic heterocycles. The molecule has 0 bridgehead atoms. The van der Waals surface area contributed by atoms with Crippen molar-refractivity contribution in [2.24, 2.45) is 5.73 Å². The van der Waals surface area contributed by atoms with Crippen LogP contribution >= 0.6 is 7.82 Å². The molecule has 8 nitrogen and oxygen atoms in total. The van der Waals surface area contributed by atoms with Crippen LogP contribution in [0.4, 0.5) is 0 Å². The number of esters is 1. The molecule has 0 heterocycles. The Hall–Kier alpha value is -0.920. The summed E-state index contributed by atoms with van der Waals surface area (Å²) in [6, 6.07) is 0. The number of ether oxygens (including phenoxy) is 2. The number of unbranched alkanes of at least 4 members (excludes halogenated alkanes) is 26. The van der Waals surface area contributed by atoms with Gasteiger partial charge in [0.15, 0.2) is 6.10 Å². The van der Waals surface area contributed by atoms with Gasteiger partial charge in [-0.05, 0) is 25.3 Å². The minimum Gasteiger partial charge on any atom is -0.498 e. The highest BCUT2D eigenvalue weighted by molar-refractivity contribution is 7.47. The van der Waals surface area contributed by atoms with Crippen LogP contribution in [0.1, 0.15) is 200 Å². The fraction of sp³-hybridized carbons (Fsp3) is 0.923. The van der Waals surface area contributed by atoms with Crippen LogP contribution < -0.4 is 5.73 Å². The van der Waals surface area contributed by atoms with Crippen molar-refractivity contribution >= 4 is 13.8 Å². The predicted octanol–water partition coefficient (Wildman–Crippen LogP) is 11.9. The summed E-state index contributed by atoms with van der Waals surface area (Å²) in [6.07, 6.45) is 38.8. The Balaban J connectivity index is 4.08. The van der Waals surface area contributed by atoms with Gasteiger partial charge in [0.25, 0.3) is 0 Å². The third kappa shape index (κ3) is 36.4. The first kappa shape index (κ1) is 47.1. The molecule has 3 N–H and O–H groups in total. The van der Waals surface area contributed by atoms with E-state index >= 15 is 0 Å². The van der Waals surface area contributed by atoms with Crippen LogP contribution in [-0.2, 0) is 27.9 Å². The second-order valence-electron chi connectivity index (χ2n) is 13.6. The lowest BCUT2D eigenvalue weighted by atomic mass is 10.0. The van der Waals surface area contributed by atoms with E-state index in [2.05, 4.69) is 13.8 Å². The van der Waals surface area contributed by atoms with E-state index < -0.39 is 13.9 Å². The standard InChI is InChI=1S/C39H78NO7P/c1-3-5-7-9-11-13-15-17-19-20-22-24-26-28-30-32-39(41)47-38(37-46-48(42,43)45-35-33-40)36-44-34-31-29-27-25-23-21-18-16-14-12-10-8-6-4-2/h31,34,38H,3-30,32-33,35-37,40H2,1-2H3,(H,42,43). The van der Waals surface area contributed by atoms with Crippen molar-refractivity contribution < 1.29 is 32.8 Å². The highest BCUT2D eigenvalue weighted by Gasteiger charge is 2.25. The molecule has 0 amide bonds. The summed E-state index contributed by atoms with van der Waals surface area (Å²) in [5.74, 6) is -0.349. The average Bonchev–Trinajstić information content (AvgIpc) is 3.07. The molecule has 0 aromatic carbocycles. The van der Waals surface area contributed by atoms with Crippen LogP contribution in [0.5, 0.6) is 0 Å². The number of hydrogen-bond acceptors (Lipinski definition) is 7. The minimum absolute atomic E-state index is 0.0381. The van der Waals surface area contributed by atoms with Gasteiger partial charge in [-0.15, -0.1) is 0 Å². The number of rotatable bonds is 39. The average molecular weight is 704 g/mol. The molecule has 0 saturated carbocycles. The van der Waals surface area contributed by atoms with E-state index in [0.29, 0.717) is 6.42 Å². The van der Waals surface area contributed by atoms with Gasteiger partial charge in [-0.1, -0.05) is 174 Å². The first-order valence-electron chi connectivity index (χ1n) is 20.2. The van der Waals surface area contributed by atoms with Crippen LogP contribution in [0.3, 0.4) is 0 Å². The molecule has 48 heavy (non-hydrogen) atoms. The summed E-state index contributed by atoms with van der Waals surface area (Å²) < 4.78 is 33.1. The second-order valence-corrected chi connectivity index (χ2v) is 15.0. The number of phosphoric acid groups is 1. The lowest BCUT2D eigenvalue weighted by Crippen LogP contribution is -2.27. The van der Waals surface area contributed by atoms with Gasteiger partial charge in [0.2, 0.25) is 0 Å². The molecule has 286 valence electrons. The van der Waals surface area contributed by atoms with Crippen LogP contribution in [0.15, 0.2) is 12.3 Å². The molecular formula is C39H78NO7P. The van der Waals surface area contributed by atoms with E-state index in [1.54, 1.807) is 6.26 Å². The summed E-state index contributed by atoms with van der Waals surface area (Å²) in [5.41, 5.74) is 5.35. The minimum atomic E-state index is -4.28. The van der Waals surface area contributed by atoms with Crippen LogP contribution in [-0.4, -0.2) is 43.3 Å². The van der Waals surface area contributed by atoms with Gasteiger partial charge >= 0.3 is 13.8 Å². The fourth-order valence-corrected chi connectivity index (χ4v) is 6.55. The monoisotopic (exact) mass is 704 g/mol. The Labute approximate surface area is 296 Å². The largest absolute Gasteiger partial charge is 0.498 e. The van der Waals surface area contributed by atoms with Gasteiger partial charge in [-0.25, -0.2) is 4.57 Å². The van der Waals surface area contributed by atoms with Crippen LogP contribution in [0.2, 0.25) is 0 Å². The summed E-state index contributed by atoms with van der Waals surface area (Å²) in [5, 5.41) is 0. The van der Waals surface area contributed by atoms with Crippen LogP contribution in [0, 0.1) is 0 Å². The molecule has 0 aromatic heterocycles. The van der Waals surface area contributed by atoms with E-state index in [1.165, 1.54) is 148 Å². The zero-order valence-corrected chi connectivity index (χ0v) is 32.4. The topological polar surface area (TPSA) is 117 Å². The summed E-state index contributed by atoms with van der Waals surface area (Å²) in [4.78, 5) is 22.4. The zero-order chi connectivity index (χ0) is 35.2. The van der Waals surface area contributed by atoms with E-state index in [1.807, 2.05) is 6.08 Å². The van der Waals surface area contributed by atoms with Gasteiger partial charge in [0.05, 0.1) is 19.5 Å². The highest BCUT2D eigenvalue weighted by atomic mass is 31.2. The van der Waals surface area contributed by atoms with E-state index in [4.69, 9.17) is 24.3 Å². The molecule has 9 heteroatoms. The number of hydrogen-bond donors (Lipinski definition) is 2. The summed E-state index contributed by atoms with van der Waals surface area (Å²) in [7, 11) is -4.28. The van der Waals surface area contributed by atoms with Gasteiger partial charge in [-0.3, -0.25) is 13.8 Å². The molecule has 0 aliphatic rings. The predicted molar refractivity (Wildman–Crippen MR) is 201 cm³/mol. The summed E-state index contributed by atoms with van der Waals surface area (Å²) in [6.45, 7) is 4.26. The molecule has 0 radical (unpaired) electrons. The van der Waals surface area contributed by atoms with Gasteiger partial charge in [0.1, 0.15) is 6.61 Å². The Bertz CT molecular complexity index is 752. The fourth-order valence-electron chi connectivity index (χ4n) is 5.79. The molecule has 0 spiro atoms. The Morgan fingerprint density at radius 2 is 1.04 bits per heavy atom. The molecule has 0 saturated heterocycles. The van der Waals surface area contributed by atoms with Crippen molar-refractivity contribution in [1.82, 2.24) is 0 Å². The molecule has 0 fully saturated rings. The Morgan fingerprint density at radius 1 is 0.625 bits per heavy atom. The summed E-state index contributed by atoms with van der Waals surface area (Å²) >= 11 is 0. The number of carbonyl (C=O) groups excluding carboxylic acids is 1. The van der Waals surface area contributed by atoms with E-state index in [9.17, 15) is 14.3 Å². The lowest BCUT2D eigenvalue weighted by molar-refractivity contribution is -0.153. The van der Waals surface area contributed by atoms with Crippen molar-refractivity contribution in [2.45, 2.75) is 206 Å². The van der Waals surface area contributed by atoms with Crippen LogP contribution in [0.25, 0.3) is 0 Å². The maximum atomic E-state index is 12.5. The van der Waals surface area contributed by atoms with E-state index in [-0.39, 0.29) is 32.3 Å². The Kier molecular flexibility index (Phi) is 36.6. The number of nitrogens with two attached hydrogens (primary N) is 1. The molecule has 0 rings (SSSR count). The van der Waals surface area contributed by atoms with Crippen molar-refractivity contribution in [3.8, 4) is 0 Å². The third-order valence-electron chi connectivity index (χ3n) is 8.78. The first-order valence-corrected chi connectivity index (χ1v) is 21.7. The van der Waals surface area contributed by atoms with Gasteiger partial charge in [0, 0.05) is 13.0 Å². The van der Waals surface area contributed by atoms with Crippen molar-refractivity contribution in [1.29, 1.82) is 0 Å². The normalized spacial score (nSPS) is 13.6. The third-order valence-corrected chi connectivity index (χ3v) is 9.76. The SMILES string of the molecule is CCCCCCCCCCCCCCC=COCC(COP(=O)(O)OCCN)OC(=O)CCCCCCCCCCCCCCCCC. The highest BCUT2D eigenvalue weighted by Crippen LogP contribution is 2.43. The maximum absolute atomic E-state index is 12.5. The van der Waals surface area contributed by atoms with Gasteiger partial charge in [-0.2, -0.15) is 0 Å². The van der Waals surface area contributed by atoms with Gasteiger partial charge < -0.3 is 20.1 Å². The molecular weight excluding hydrogens is 625 g/mol. The zero-order valence-electron chi connectivity index (χ0n) is 31.5. The molecule has 2 atom stereocenters. The molecule has 0 aliphatic carbocycles. The molecule has 0 aromatic rings. The Morgan fingerprint density at radius 3 is 1.48 bits per heavy atom. The smallest absolute Gasteiger partial charge is 0.472 e. The molecule has 2 unspecified atom stereocenters. The maximum Gasteiger partial charge on any atom is 0.472 e. The number of allylic oxidation sites excluding steroid dienone is 1. The van der Waals surface area contributed by atoms with Crippen molar-refractivity contribution in [3.05, 3.63) is 12.3 Å². The van der Waals surface area contributed by atoms with Crippen molar-refractivity contribution in [2.75, 3.05) is 26.4 Å². The van der Waals surface area contributed by atoms with E-state index in [0.717, 1.165) is 32.1 Å². The second kappa shape index (κ2) is 37.3. The number of phosphoric ester groups is 1. The first-order chi connectivity index (χ1) is 23.4. The lowest BCUT2D eigenvalue weighted by Gasteiger charge is -2.19. The quantitative estimate of drug-likeness (QED) is 0.0281. The van der Waals surface area contributed by atoms with Crippen molar-refractivity contribution in [3.63, 3.8) is 0 Å². The number of carbonyl (C=O) groups is 1.